The smallest absolute Gasteiger partial charge is 0.173 e. The molecule has 2 aromatic carbocycles. The summed E-state index contributed by atoms with van der Waals surface area (Å²) < 4.78 is 2.03. The number of hydrogen-bond acceptors (Lipinski definition) is 2. The predicted octanol–water partition coefficient (Wildman–Crippen LogP) is 5.19. The average Bonchev–Trinajstić information content (AvgIpc) is 2.38. The van der Waals surface area contributed by atoms with Crippen molar-refractivity contribution in [3.63, 3.8) is 0 Å². The summed E-state index contributed by atoms with van der Waals surface area (Å²) in [6.45, 7) is 0. The molecule has 0 bridgehead atoms. The fourth-order valence-electron chi connectivity index (χ4n) is 1.40. The van der Waals surface area contributed by atoms with E-state index in [1.54, 1.807) is 11.8 Å². The minimum atomic E-state index is 0.149. The summed E-state index contributed by atoms with van der Waals surface area (Å²) in [6, 6.07) is 15.4. The van der Waals surface area contributed by atoms with Crippen LogP contribution in [0.3, 0.4) is 0 Å². The standard InChI is InChI=1S/C14H10Br2OS/c15-11-3-1-10(2-4-11)14(17)9-18-13-7-5-12(16)6-8-13/h1-8H,9H2. The number of Topliss-reactive ketones (excluding diaryl/α,β-unsaturated/α-hetero) is 1. The van der Waals surface area contributed by atoms with Crippen LogP contribution >= 0.6 is 43.6 Å². The fourth-order valence-corrected chi connectivity index (χ4v) is 2.72. The number of hydrogen-bond donors (Lipinski definition) is 0. The van der Waals surface area contributed by atoms with E-state index in [4.69, 9.17) is 0 Å². The normalized spacial score (nSPS) is 10.3. The first-order valence-electron chi connectivity index (χ1n) is 5.32. The van der Waals surface area contributed by atoms with Gasteiger partial charge < -0.3 is 0 Å². The van der Waals surface area contributed by atoms with Gasteiger partial charge in [-0.3, -0.25) is 4.79 Å². The van der Waals surface area contributed by atoms with E-state index in [2.05, 4.69) is 31.9 Å². The highest BCUT2D eigenvalue weighted by atomic mass is 79.9. The first-order valence-corrected chi connectivity index (χ1v) is 7.89. The molecule has 0 heterocycles. The van der Waals surface area contributed by atoms with E-state index in [0.29, 0.717) is 5.75 Å². The van der Waals surface area contributed by atoms with Gasteiger partial charge >= 0.3 is 0 Å². The topological polar surface area (TPSA) is 17.1 Å². The van der Waals surface area contributed by atoms with Gasteiger partial charge in [-0.15, -0.1) is 11.8 Å². The van der Waals surface area contributed by atoms with E-state index in [9.17, 15) is 4.79 Å². The van der Waals surface area contributed by atoms with Crippen molar-refractivity contribution in [2.24, 2.45) is 0 Å². The molecular formula is C14H10Br2OS. The van der Waals surface area contributed by atoms with Crippen LogP contribution in [0.1, 0.15) is 10.4 Å². The summed E-state index contributed by atoms with van der Waals surface area (Å²) in [5.41, 5.74) is 0.753. The summed E-state index contributed by atoms with van der Waals surface area (Å²) in [6.07, 6.45) is 0. The van der Waals surface area contributed by atoms with Gasteiger partial charge in [-0.2, -0.15) is 0 Å². The van der Waals surface area contributed by atoms with E-state index in [1.165, 1.54) is 0 Å². The van der Waals surface area contributed by atoms with Gasteiger partial charge in [0, 0.05) is 19.4 Å². The second-order valence-electron chi connectivity index (χ2n) is 3.67. The second-order valence-corrected chi connectivity index (χ2v) is 6.55. The number of ketones is 1. The summed E-state index contributed by atoms with van der Waals surface area (Å²) in [5.74, 6) is 0.610. The Morgan fingerprint density at radius 2 is 1.39 bits per heavy atom. The van der Waals surface area contributed by atoms with Crippen molar-refractivity contribution in [1.82, 2.24) is 0 Å². The molecule has 18 heavy (non-hydrogen) atoms. The Balaban J connectivity index is 1.96. The Labute approximate surface area is 127 Å². The number of thioether (sulfide) groups is 1. The van der Waals surface area contributed by atoms with Crippen molar-refractivity contribution in [3.05, 3.63) is 63.0 Å². The molecule has 0 unspecified atom stereocenters. The lowest BCUT2D eigenvalue weighted by molar-refractivity contribution is 0.102. The number of benzene rings is 2. The zero-order valence-corrected chi connectivity index (χ0v) is 13.4. The highest BCUT2D eigenvalue weighted by Crippen LogP contribution is 2.22. The van der Waals surface area contributed by atoms with Crippen molar-refractivity contribution in [2.45, 2.75) is 4.90 Å². The molecule has 2 rings (SSSR count). The molecule has 1 nitrogen and oxygen atoms in total. The van der Waals surface area contributed by atoms with Crippen LogP contribution in [0.25, 0.3) is 0 Å². The molecule has 0 aliphatic heterocycles. The summed E-state index contributed by atoms with van der Waals surface area (Å²) in [7, 11) is 0. The maximum Gasteiger partial charge on any atom is 0.173 e. The molecule has 0 aliphatic carbocycles. The van der Waals surface area contributed by atoms with Gasteiger partial charge in [0.25, 0.3) is 0 Å². The molecule has 0 amide bonds. The number of halogens is 2. The summed E-state index contributed by atoms with van der Waals surface area (Å²) in [4.78, 5) is 13.1. The zero-order valence-electron chi connectivity index (χ0n) is 9.40. The largest absolute Gasteiger partial charge is 0.293 e. The summed E-state index contributed by atoms with van der Waals surface area (Å²) in [5, 5.41) is 0. The van der Waals surface area contributed by atoms with Crippen LogP contribution < -0.4 is 0 Å². The Kier molecular flexibility index (Phi) is 5.03. The zero-order chi connectivity index (χ0) is 13.0. The van der Waals surface area contributed by atoms with E-state index >= 15 is 0 Å². The SMILES string of the molecule is O=C(CSc1ccc(Br)cc1)c1ccc(Br)cc1. The van der Waals surface area contributed by atoms with Crippen molar-refractivity contribution in [3.8, 4) is 0 Å². The minimum absolute atomic E-state index is 0.149. The predicted molar refractivity (Wildman–Crippen MR) is 83.3 cm³/mol. The molecule has 0 saturated carbocycles. The van der Waals surface area contributed by atoms with Crippen LogP contribution in [0.5, 0.6) is 0 Å². The third-order valence-corrected chi connectivity index (χ3v) is 4.42. The fraction of sp³-hybridized carbons (Fsp3) is 0.0714. The first kappa shape index (κ1) is 13.8. The lowest BCUT2D eigenvalue weighted by Crippen LogP contribution is -2.01. The minimum Gasteiger partial charge on any atom is -0.293 e. The Morgan fingerprint density at radius 1 is 0.889 bits per heavy atom. The second kappa shape index (κ2) is 6.55. The Morgan fingerprint density at radius 3 is 1.94 bits per heavy atom. The molecule has 0 N–H and O–H groups in total. The monoisotopic (exact) mass is 384 g/mol. The molecule has 0 fully saturated rings. The number of carbonyl (C=O) groups excluding carboxylic acids is 1. The van der Waals surface area contributed by atoms with Gasteiger partial charge in [0.2, 0.25) is 0 Å². The van der Waals surface area contributed by atoms with Gasteiger partial charge in [-0.05, 0) is 36.4 Å². The van der Waals surface area contributed by atoms with Crippen LogP contribution in [0.15, 0.2) is 62.4 Å². The highest BCUT2D eigenvalue weighted by molar-refractivity contribution is 9.10. The van der Waals surface area contributed by atoms with E-state index in [-0.39, 0.29) is 5.78 Å². The average molecular weight is 386 g/mol. The van der Waals surface area contributed by atoms with Gasteiger partial charge in [0.15, 0.2) is 5.78 Å². The van der Waals surface area contributed by atoms with Crippen molar-refractivity contribution < 1.29 is 4.79 Å². The Bertz CT molecular complexity index is 535. The van der Waals surface area contributed by atoms with Crippen LogP contribution in [-0.4, -0.2) is 11.5 Å². The molecule has 0 spiro atoms. The molecule has 0 aromatic heterocycles. The van der Waals surface area contributed by atoms with Gasteiger partial charge in [0.05, 0.1) is 5.75 Å². The number of carbonyl (C=O) groups is 1. The molecule has 0 atom stereocenters. The maximum atomic E-state index is 12.0. The van der Waals surface area contributed by atoms with Gasteiger partial charge in [0.1, 0.15) is 0 Å². The lowest BCUT2D eigenvalue weighted by atomic mass is 10.2. The van der Waals surface area contributed by atoms with Crippen LogP contribution in [0.2, 0.25) is 0 Å². The Hall–Kier alpha value is -0.580. The van der Waals surface area contributed by atoms with Crippen molar-refractivity contribution in [2.75, 3.05) is 5.75 Å². The number of rotatable bonds is 4. The van der Waals surface area contributed by atoms with Gasteiger partial charge in [-0.25, -0.2) is 0 Å². The third-order valence-electron chi connectivity index (χ3n) is 2.35. The molecule has 4 heteroatoms. The van der Waals surface area contributed by atoms with E-state index in [0.717, 1.165) is 19.4 Å². The van der Waals surface area contributed by atoms with Crippen LogP contribution in [0, 0.1) is 0 Å². The molecule has 0 aliphatic rings. The van der Waals surface area contributed by atoms with E-state index < -0.39 is 0 Å². The van der Waals surface area contributed by atoms with Crippen LogP contribution in [-0.2, 0) is 0 Å². The van der Waals surface area contributed by atoms with Crippen molar-refractivity contribution in [1.29, 1.82) is 0 Å². The van der Waals surface area contributed by atoms with Crippen LogP contribution in [0.4, 0.5) is 0 Å². The third kappa shape index (κ3) is 3.97. The van der Waals surface area contributed by atoms with Crippen molar-refractivity contribution >= 4 is 49.4 Å². The maximum absolute atomic E-state index is 12.0. The first-order chi connectivity index (χ1) is 8.65. The lowest BCUT2D eigenvalue weighted by Gasteiger charge is -2.02. The highest BCUT2D eigenvalue weighted by Gasteiger charge is 2.06. The quantitative estimate of drug-likeness (QED) is 0.532. The molecular weight excluding hydrogens is 376 g/mol. The molecule has 2 aromatic rings. The van der Waals surface area contributed by atoms with Gasteiger partial charge in [-0.1, -0.05) is 44.0 Å². The summed E-state index contributed by atoms with van der Waals surface area (Å²) >= 11 is 8.30. The van der Waals surface area contributed by atoms with E-state index in [1.807, 2.05) is 48.5 Å². The molecule has 0 radical (unpaired) electrons. The molecule has 0 saturated heterocycles. The molecule has 92 valence electrons.